The summed E-state index contributed by atoms with van der Waals surface area (Å²) in [6, 6.07) is 7.72. The molecule has 0 aliphatic carbocycles. The van der Waals surface area contributed by atoms with E-state index in [9.17, 15) is 0 Å². The van der Waals surface area contributed by atoms with Gasteiger partial charge in [-0.05, 0) is 31.2 Å². The largest absolute Gasteiger partial charge is 0.389 e. The Balaban J connectivity index is 2.53. The van der Waals surface area contributed by atoms with Gasteiger partial charge >= 0.3 is 0 Å². The van der Waals surface area contributed by atoms with Crippen LogP contribution in [0, 0.1) is 0 Å². The predicted molar refractivity (Wildman–Crippen MR) is 67.3 cm³/mol. The van der Waals surface area contributed by atoms with Gasteiger partial charge in [0, 0.05) is 24.9 Å². The van der Waals surface area contributed by atoms with Crippen molar-refractivity contribution in [3.05, 3.63) is 29.8 Å². The van der Waals surface area contributed by atoms with Crippen LogP contribution in [0.1, 0.15) is 12.5 Å². The van der Waals surface area contributed by atoms with Gasteiger partial charge in [-0.15, -0.1) is 0 Å². The summed E-state index contributed by atoms with van der Waals surface area (Å²) in [5.74, 6) is 0. The van der Waals surface area contributed by atoms with Crippen molar-refractivity contribution in [1.29, 1.82) is 0 Å². The number of nitrogens with two attached hydrogens (primary N) is 1. The molecule has 1 atom stereocenters. The maximum absolute atomic E-state index is 5.50. The molecule has 3 N–H and O–H groups in total. The molecule has 0 amide bonds. The summed E-state index contributed by atoms with van der Waals surface area (Å²) < 4.78 is 5.13. The van der Waals surface area contributed by atoms with Gasteiger partial charge in [0.15, 0.2) is 0 Å². The highest BCUT2D eigenvalue weighted by Crippen LogP contribution is 2.09. The third-order valence-electron chi connectivity index (χ3n) is 2.17. The van der Waals surface area contributed by atoms with Crippen molar-refractivity contribution in [1.82, 2.24) is 0 Å². The minimum atomic E-state index is 0.195. The van der Waals surface area contributed by atoms with Crippen LogP contribution in [0.3, 0.4) is 0 Å². The van der Waals surface area contributed by atoms with Crippen LogP contribution in [0.25, 0.3) is 0 Å². The SMILES string of the molecule is COC(C)CNc1ccc(C(N)=S)cc1. The van der Waals surface area contributed by atoms with Crippen LogP contribution in [0.5, 0.6) is 0 Å². The van der Waals surface area contributed by atoms with Crippen molar-refractivity contribution in [2.45, 2.75) is 13.0 Å². The molecule has 82 valence electrons. The fourth-order valence-corrected chi connectivity index (χ4v) is 1.23. The van der Waals surface area contributed by atoms with E-state index in [1.165, 1.54) is 0 Å². The molecule has 0 aromatic heterocycles. The minimum Gasteiger partial charge on any atom is -0.389 e. The normalized spacial score (nSPS) is 12.1. The van der Waals surface area contributed by atoms with E-state index in [4.69, 9.17) is 22.7 Å². The topological polar surface area (TPSA) is 47.3 Å². The first-order chi connectivity index (χ1) is 7.13. The monoisotopic (exact) mass is 224 g/mol. The van der Waals surface area contributed by atoms with Crippen LogP contribution in [0.4, 0.5) is 5.69 Å². The Morgan fingerprint density at radius 3 is 2.53 bits per heavy atom. The second-order valence-electron chi connectivity index (χ2n) is 3.37. The molecule has 0 spiro atoms. The zero-order chi connectivity index (χ0) is 11.3. The van der Waals surface area contributed by atoms with E-state index in [2.05, 4.69) is 5.32 Å². The Hall–Kier alpha value is -1.13. The molecule has 1 unspecified atom stereocenters. The maximum atomic E-state index is 5.50. The van der Waals surface area contributed by atoms with Crippen LogP contribution in [0.2, 0.25) is 0 Å². The van der Waals surface area contributed by atoms with Gasteiger partial charge < -0.3 is 15.8 Å². The number of anilines is 1. The number of thiocarbonyl (C=S) groups is 1. The van der Waals surface area contributed by atoms with Crippen molar-refractivity contribution < 1.29 is 4.74 Å². The van der Waals surface area contributed by atoms with Crippen LogP contribution >= 0.6 is 12.2 Å². The second kappa shape index (κ2) is 5.68. The predicted octanol–water partition coefficient (Wildman–Crippen LogP) is 1.77. The van der Waals surface area contributed by atoms with Crippen LogP contribution in [-0.2, 0) is 4.74 Å². The fraction of sp³-hybridized carbons (Fsp3) is 0.364. The highest BCUT2D eigenvalue weighted by molar-refractivity contribution is 7.80. The molecule has 1 aromatic rings. The Bertz CT molecular complexity index is 324. The van der Waals surface area contributed by atoms with Crippen LogP contribution < -0.4 is 11.1 Å². The lowest BCUT2D eigenvalue weighted by atomic mass is 10.2. The van der Waals surface area contributed by atoms with E-state index in [0.29, 0.717) is 4.99 Å². The lowest BCUT2D eigenvalue weighted by Crippen LogP contribution is -2.18. The summed E-state index contributed by atoms with van der Waals surface area (Å²) in [6.07, 6.45) is 0.195. The van der Waals surface area contributed by atoms with Gasteiger partial charge in [0.1, 0.15) is 4.99 Å². The van der Waals surface area contributed by atoms with E-state index in [-0.39, 0.29) is 6.10 Å². The molecule has 15 heavy (non-hydrogen) atoms. The molecule has 1 aromatic carbocycles. The van der Waals surface area contributed by atoms with E-state index >= 15 is 0 Å². The number of hydrogen-bond acceptors (Lipinski definition) is 3. The molecule has 3 nitrogen and oxygen atoms in total. The van der Waals surface area contributed by atoms with Crippen molar-refractivity contribution >= 4 is 22.9 Å². The minimum absolute atomic E-state index is 0.195. The number of nitrogens with one attached hydrogen (secondary N) is 1. The third kappa shape index (κ3) is 3.85. The number of benzene rings is 1. The van der Waals surface area contributed by atoms with Gasteiger partial charge in [-0.3, -0.25) is 0 Å². The zero-order valence-electron chi connectivity index (χ0n) is 8.99. The van der Waals surface area contributed by atoms with E-state index in [1.54, 1.807) is 7.11 Å². The third-order valence-corrected chi connectivity index (χ3v) is 2.40. The van der Waals surface area contributed by atoms with Crippen LogP contribution in [-0.4, -0.2) is 24.7 Å². The quantitative estimate of drug-likeness (QED) is 0.748. The first-order valence-electron chi connectivity index (χ1n) is 4.80. The molecular formula is C11H16N2OS. The molecule has 0 saturated heterocycles. The lowest BCUT2D eigenvalue weighted by molar-refractivity contribution is 0.129. The summed E-state index contributed by atoms with van der Waals surface area (Å²) in [7, 11) is 1.70. The Labute approximate surface area is 95.6 Å². The van der Waals surface area contributed by atoms with Gasteiger partial charge in [-0.25, -0.2) is 0 Å². The van der Waals surface area contributed by atoms with Crippen molar-refractivity contribution in [2.75, 3.05) is 19.0 Å². The Kier molecular flexibility index (Phi) is 4.52. The molecule has 0 aliphatic heterocycles. The highest BCUT2D eigenvalue weighted by atomic mass is 32.1. The van der Waals surface area contributed by atoms with Gasteiger partial charge in [0.2, 0.25) is 0 Å². The number of methoxy groups -OCH3 is 1. The van der Waals surface area contributed by atoms with Crippen molar-refractivity contribution in [3.8, 4) is 0 Å². The standard InChI is InChI=1S/C11H16N2OS/c1-8(14-2)7-13-10-5-3-9(4-6-10)11(12)15/h3-6,8,13H,7H2,1-2H3,(H2,12,15). The van der Waals surface area contributed by atoms with E-state index < -0.39 is 0 Å². The lowest BCUT2D eigenvalue weighted by Gasteiger charge is -2.12. The number of ether oxygens (including phenoxy) is 1. The molecule has 4 heteroatoms. The highest BCUT2D eigenvalue weighted by Gasteiger charge is 1.99. The summed E-state index contributed by atoms with van der Waals surface area (Å²) in [4.78, 5) is 0.423. The van der Waals surface area contributed by atoms with Gasteiger partial charge in [-0.2, -0.15) is 0 Å². The molecule has 0 aliphatic rings. The Morgan fingerprint density at radius 2 is 2.07 bits per heavy atom. The molecule has 0 fully saturated rings. The van der Waals surface area contributed by atoms with E-state index in [1.807, 2.05) is 31.2 Å². The fourth-order valence-electron chi connectivity index (χ4n) is 1.10. The Morgan fingerprint density at radius 1 is 1.47 bits per heavy atom. The number of hydrogen-bond donors (Lipinski definition) is 2. The van der Waals surface area contributed by atoms with Crippen molar-refractivity contribution in [2.24, 2.45) is 5.73 Å². The van der Waals surface area contributed by atoms with E-state index in [0.717, 1.165) is 17.8 Å². The molecule has 1 rings (SSSR count). The summed E-state index contributed by atoms with van der Waals surface area (Å²) >= 11 is 4.87. The second-order valence-corrected chi connectivity index (χ2v) is 3.81. The first-order valence-corrected chi connectivity index (χ1v) is 5.21. The molecular weight excluding hydrogens is 208 g/mol. The zero-order valence-corrected chi connectivity index (χ0v) is 9.80. The van der Waals surface area contributed by atoms with Gasteiger partial charge in [0.25, 0.3) is 0 Å². The number of rotatable bonds is 5. The summed E-state index contributed by atoms with van der Waals surface area (Å²) in [5, 5.41) is 3.25. The summed E-state index contributed by atoms with van der Waals surface area (Å²) in [6.45, 7) is 2.79. The smallest absolute Gasteiger partial charge is 0.103 e. The first kappa shape index (κ1) is 11.9. The average Bonchev–Trinajstić information content (AvgIpc) is 2.26. The molecule has 0 saturated carbocycles. The van der Waals surface area contributed by atoms with Crippen molar-refractivity contribution in [3.63, 3.8) is 0 Å². The maximum Gasteiger partial charge on any atom is 0.103 e. The molecule has 0 heterocycles. The summed E-state index contributed by atoms with van der Waals surface area (Å²) in [5.41, 5.74) is 7.42. The average molecular weight is 224 g/mol. The molecule has 0 radical (unpaired) electrons. The van der Waals surface area contributed by atoms with Crippen LogP contribution in [0.15, 0.2) is 24.3 Å². The van der Waals surface area contributed by atoms with Gasteiger partial charge in [-0.1, -0.05) is 12.2 Å². The van der Waals surface area contributed by atoms with Gasteiger partial charge in [0.05, 0.1) is 6.10 Å². The molecule has 0 bridgehead atoms.